The van der Waals surface area contributed by atoms with Crippen molar-refractivity contribution in [2.75, 3.05) is 23.0 Å². The fourth-order valence-corrected chi connectivity index (χ4v) is 5.09. The predicted molar refractivity (Wildman–Crippen MR) is 108 cm³/mol. The monoisotopic (exact) mass is 488 g/mol. The molecule has 0 saturated heterocycles. The lowest BCUT2D eigenvalue weighted by molar-refractivity contribution is -0.788. The SMILES string of the molecule is CC(=O)Nc1c(NC=O)c(C)c(Cl)c(Cl)c1SSCC(CO[N+](=O)[O-])O[N+](=O)[O-]. The van der Waals surface area contributed by atoms with E-state index in [9.17, 15) is 29.8 Å². The van der Waals surface area contributed by atoms with Crippen LogP contribution in [0.4, 0.5) is 11.4 Å². The van der Waals surface area contributed by atoms with Gasteiger partial charge < -0.3 is 20.3 Å². The van der Waals surface area contributed by atoms with E-state index in [1.165, 1.54) is 6.92 Å². The van der Waals surface area contributed by atoms with Gasteiger partial charge in [-0.1, -0.05) is 44.8 Å². The molecule has 0 fully saturated rings. The Hall–Kier alpha value is -2.16. The van der Waals surface area contributed by atoms with Crippen LogP contribution >= 0.6 is 44.8 Å². The van der Waals surface area contributed by atoms with Crippen LogP contribution < -0.4 is 10.6 Å². The molecule has 16 heteroatoms. The molecule has 1 unspecified atom stereocenters. The maximum absolute atomic E-state index is 11.6. The van der Waals surface area contributed by atoms with Crippen LogP contribution in [0.3, 0.4) is 0 Å². The van der Waals surface area contributed by atoms with Gasteiger partial charge in [0.2, 0.25) is 12.3 Å². The highest BCUT2D eigenvalue weighted by atomic mass is 35.5. The molecule has 0 aliphatic carbocycles. The van der Waals surface area contributed by atoms with Gasteiger partial charge in [-0.05, 0) is 12.5 Å². The summed E-state index contributed by atoms with van der Waals surface area (Å²) in [5.74, 6) is -0.561. The van der Waals surface area contributed by atoms with Gasteiger partial charge in [-0.25, -0.2) is 0 Å². The summed E-state index contributed by atoms with van der Waals surface area (Å²) in [4.78, 5) is 52.1. The standard InChI is InChI=1S/C13H14Cl2N4O8S2/c1-6-9(14)10(15)13(12(17-7(2)21)11(6)16-5-20)29-28-4-8(27-19(24)25)3-26-18(22)23/h5,8H,3-4H2,1-2H3,(H,16,20)(H,17,21). The second-order valence-electron chi connectivity index (χ2n) is 5.11. The molecule has 2 N–H and O–H groups in total. The number of hydrogen-bond acceptors (Lipinski definition) is 10. The Balaban J connectivity index is 3.12. The van der Waals surface area contributed by atoms with Crippen LogP contribution in [-0.2, 0) is 19.3 Å². The van der Waals surface area contributed by atoms with Crippen molar-refractivity contribution in [1.29, 1.82) is 0 Å². The van der Waals surface area contributed by atoms with Gasteiger partial charge >= 0.3 is 0 Å². The third-order valence-corrected chi connectivity index (χ3v) is 6.60. The zero-order valence-electron chi connectivity index (χ0n) is 14.8. The highest BCUT2D eigenvalue weighted by molar-refractivity contribution is 8.76. The van der Waals surface area contributed by atoms with Crippen LogP contribution in [0.5, 0.6) is 0 Å². The number of anilines is 2. The van der Waals surface area contributed by atoms with Crippen molar-refractivity contribution >= 4 is 68.5 Å². The summed E-state index contributed by atoms with van der Waals surface area (Å²) in [6.07, 6.45) is -0.848. The highest BCUT2D eigenvalue weighted by Gasteiger charge is 2.23. The minimum atomic E-state index is -1.25. The lowest BCUT2D eigenvalue weighted by Crippen LogP contribution is -2.26. The molecule has 2 amide bonds. The van der Waals surface area contributed by atoms with Gasteiger partial charge in [-0.15, -0.1) is 20.2 Å². The average Bonchev–Trinajstić information content (AvgIpc) is 2.62. The molecule has 1 aromatic carbocycles. The first kappa shape index (κ1) is 24.9. The van der Waals surface area contributed by atoms with Crippen molar-refractivity contribution in [2.45, 2.75) is 24.8 Å². The van der Waals surface area contributed by atoms with Crippen molar-refractivity contribution in [1.82, 2.24) is 0 Å². The minimum absolute atomic E-state index is 0.0788. The molecule has 0 aliphatic heterocycles. The first-order valence-corrected chi connectivity index (χ1v) is 10.5. The molecule has 0 saturated carbocycles. The summed E-state index contributed by atoms with van der Waals surface area (Å²) >= 11 is 12.5. The highest BCUT2D eigenvalue weighted by Crippen LogP contribution is 2.49. The van der Waals surface area contributed by atoms with Crippen LogP contribution in [0.15, 0.2) is 4.90 Å². The van der Waals surface area contributed by atoms with E-state index in [0.717, 1.165) is 21.6 Å². The zero-order valence-corrected chi connectivity index (χ0v) is 17.9. The molecule has 1 aromatic rings. The van der Waals surface area contributed by atoms with Gasteiger partial charge in [0.25, 0.3) is 10.2 Å². The van der Waals surface area contributed by atoms with E-state index in [1.54, 1.807) is 6.92 Å². The largest absolute Gasteiger partial charge is 0.327 e. The molecular formula is C13H14Cl2N4O8S2. The second-order valence-corrected chi connectivity index (χ2v) is 8.22. The molecule has 29 heavy (non-hydrogen) atoms. The Labute approximate surface area is 181 Å². The van der Waals surface area contributed by atoms with Crippen LogP contribution in [-0.4, -0.2) is 41.0 Å². The van der Waals surface area contributed by atoms with Crippen LogP contribution in [0.25, 0.3) is 0 Å². The molecule has 1 atom stereocenters. The lowest BCUT2D eigenvalue weighted by atomic mass is 10.1. The summed E-state index contributed by atoms with van der Waals surface area (Å²) in [5, 5.41) is 23.8. The van der Waals surface area contributed by atoms with Gasteiger partial charge in [-0.2, -0.15) is 0 Å². The molecule has 12 nitrogen and oxygen atoms in total. The summed E-state index contributed by atoms with van der Waals surface area (Å²) in [6.45, 7) is 2.17. The van der Waals surface area contributed by atoms with Gasteiger partial charge in [0.1, 0.15) is 12.7 Å². The van der Waals surface area contributed by atoms with Crippen LogP contribution in [0.2, 0.25) is 10.0 Å². The number of nitrogens with one attached hydrogen (secondary N) is 2. The van der Waals surface area contributed by atoms with Gasteiger partial charge in [0.15, 0.2) is 0 Å². The number of benzene rings is 1. The van der Waals surface area contributed by atoms with Crippen molar-refractivity contribution < 1.29 is 29.4 Å². The summed E-state index contributed by atoms with van der Waals surface area (Å²) < 4.78 is 0. The number of rotatable bonds is 12. The summed E-state index contributed by atoms with van der Waals surface area (Å²) in [5.41, 5.74) is 0.820. The molecule has 0 bridgehead atoms. The van der Waals surface area contributed by atoms with Crippen molar-refractivity contribution in [3.05, 3.63) is 35.8 Å². The first-order valence-electron chi connectivity index (χ1n) is 7.45. The Morgan fingerprint density at radius 2 is 1.90 bits per heavy atom. The summed E-state index contributed by atoms with van der Waals surface area (Å²) in [6, 6.07) is 0. The minimum Gasteiger partial charge on any atom is -0.327 e. The second kappa shape index (κ2) is 11.7. The molecule has 160 valence electrons. The van der Waals surface area contributed by atoms with E-state index in [2.05, 4.69) is 20.3 Å². The molecule has 0 radical (unpaired) electrons. The van der Waals surface area contributed by atoms with E-state index < -0.39 is 28.8 Å². The van der Waals surface area contributed by atoms with Crippen LogP contribution in [0.1, 0.15) is 12.5 Å². The Kier molecular flexibility index (Phi) is 10.1. The van der Waals surface area contributed by atoms with Crippen molar-refractivity contribution in [3.63, 3.8) is 0 Å². The number of carbonyl (C=O) groups excluding carboxylic acids is 2. The first-order chi connectivity index (χ1) is 13.6. The normalized spacial score (nSPS) is 11.3. The van der Waals surface area contributed by atoms with E-state index in [-0.39, 0.29) is 32.1 Å². The number of hydrogen-bond donors (Lipinski definition) is 2. The van der Waals surface area contributed by atoms with Crippen molar-refractivity contribution in [3.8, 4) is 0 Å². The molecule has 0 spiro atoms. The van der Waals surface area contributed by atoms with Crippen molar-refractivity contribution in [2.24, 2.45) is 0 Å². The maximum atomic E-state index is 11.6. The Morgan fingerprint density at radius 3 is 2.41 bits per heavy atom. The zero-order chi connectivity index (χ0) is 22.1. The van der Waals surface area contributed by atoms with E-state index in [0.29, 0.717) is 12.0 Å². The maximum Gasteiger partial charge on any atom is 0.294 e. The van der Waals surface area contributed by atoms with E-state index >= 15 is 0 Å². The third kappa shape index (κ3) is 7.64. The Bertz CT molecular complexity index is 814. The summed E-state index contributed by atoms with van der Waals surface area (Å²) in [7, 11) is 1.95. The molecule has 0 aliphatic rings. The average molecular weight is 489 g/mol. The topological polar surface area (TPSA) is 163 Å². The molecule has 1 rings (SSSR count). The van der Waals surface area contributed by atoms with Gasteiger partial charge in [-0.3, -0.25) is 9.59 Å². The number of nitrogens with zero attached hydrogens (tertiary/aromatic N) is 2. The smallest absolute Gasteiger partial charge is 0.294 e. The number of amides is 2. The van der Waals surface area contributed by atoms with Gasteiger partial charge in [0, 0.05) is 12.7 Å². The van der Waals surface area contributed by atoms with E-state index in [4.69, 9.17) is 23.2 Å². The third-order valence-electron chi connectivity index (χ3n) is 3.07. The molecular weight excluding hydrogens is 475 g/mol. The van der Waals surface area contributed by atoms with Gasteiger partial charge in [0.05, 0.1) is 26.3 Å². The molecule has 0 aromatic heterocycles. The fraction of sp³-hybridized carbons (Fsp3) is 0.385. The number of halogens is 2. The number of carbonyl (C=O) groups is 2. The van der Waals surface area contributed by atoms with E-state index in [1.807, 2.05) is 0 Å². The quantitative estimate of drug-likeness (QED) is 0.193. The van der Waals surface area contributed by atoms with Crippen LogP contribution in [0, 0.1) is 27.2 Å². The molecule has 0 heterocycles. The fourth-order valence-electron chi connectivity index (χ4n) is 1.94. The predicted octanol–water partition coefficient (Wildman–Crippen LogP) is 3.35. The lowest BCUT2D eigenvalue weighted by Gasteiger charge is -2.20. The Morgan fingerprint density at radius 1 is 1.24 bits per heavy atom.